The lowest BCUT2D eigenvalue weighted by molar-refractivity contribution is -0.143. The van der Waals surface area contributed by atoms with E-state index < -0.39 is 0 Å². The van der Waals surface area contributed by atoms with E-state index in [2.05, 4.69) is 31.8 Å². The second-order valence-corrected chi connectivity index (χ2v) is 9.52. The fourth-order valence-electron chi connectivity index (χ4n) is 4.71. The van der Waals surface area contributed by atoms with Crippen molar-refractivity contribution in [3.8, 4) is 45.1 Å². The molecule has 0 fully saturated rings. The van der Waals surface area contributed by atoms with Gasteiger partial charge >= 0.3 is 5.97 Å². The van der Waals surface area contributed by atoms with Gasteiger partial charge in [0.2, 0.25) is 0 Å². The van der Waals surface area contributed by atoms with Gasteiger partial charge in [-0.1, -0.05) is 12.8 Å². The Morgan fingerprint density at radius 2 is 1.57 bits per heavy atom. The molecule has 2 aromatic carbocycles. The molecule has 0 atom stereocenters. The zero-order valence-corrected chi connectivity index (χ0v) is 22.9. The van der Waals surface area contributed by atoms with Gasteiger partial charge in [0, 0.05) is 34.9 Å². The van der Waals surface area contributed by atoms with E-state index in [1.807, 2.05) is 73.9 Å². The van der Waals surface area contributed by atoms with Crippen LogP contribution in [0.25, 0.3) is 39.3 Å². The van der Waals surface area contributed by atoms with Gasteiger partial charge < -0.3 is 14.2 Å². The molecule has 0 saturated carbocycles. The summed E-state index contributed by atoms with van der Waals surface area (Å²) in [6.07, 6.45) is 10.2. The molecule has 8 nitrogen and oxygen atoms in total. The molecule has 1 N–H and O–H groups in total. The standard InChI is InChI=1S/C32H34N4O4/c1-3-39-31(37)8-6-4-5-7-19-40-27-16-11-24(12-17-27)32-28(20-34-35-32)25-13-18-30-33-21-29(36(30)22-25)23-9-14-26(38-2)15-10-23/h9-18,20-22H,3-8,19H2,1-2H3,(H,34,35). The Hall–Kier alpha value is -4.59. The highest BCUT2D eigenvalue weighted by molar-refractivity contribution is 5.81. The minimum absolute atomic E-state index is 0.111. The smallest absolute Gasteiger partial charge is 0.305 e. The highest BCUT2D eigenvalue weighted by atomic mass is 16.5. The van der Waals surface area contributed by atoms with E-state index in [0.717, 1.165) is 76.5 Å². The van der Waals surface area contributed by atoms with E-state index >= 15 is 0 Å². The van der Waals surface area contributed by atoms with Gasteiger partial charge in [0.25, 0.3) is 0 Å². The van der Waals surface area contributed by atoms with Crippen LogP contribution < -0.4 is 9.47 Å². The van der Waals surface area contributed by atoms with Gasteiger partial charge in [-0.2, -0.15) is 5.10 Å². The molecule has 0 amide bonds. The van der Waals surface area contributed by atoms with Gasteiger partial charge in [0.15, 0.2) is 0 Å². The van der Waals surface area contributed by atoms with Crippen LogP contribution in [-0.2, 0) is 9.53 Å². The van der Waals surface area contributed by atoms with Gasteiger partial charge in [0.05, 0.1) is 44.1 Å². The number of carbonyl (C=O) groups excluding carboxylic acids is 1. The number of nitrogens with one attached hydrogen (secondary N) is 1. The second-order valence-electron chi connectivity index (χ2n) is 9.52. The number of pyridine rings is 1. The third kappa shape index (κ3) is 6.34. The van der Waals surface area contributed by atoms with Gasteiger partial charge in [-0.05, 0) is 80.4 Å². The van der Waals surface area contributed by atoms with Crippen molar-refractivity contribution < 1.29 is 19.0 Å². The molecule has 0 saturated heterocycles. The fourth-order valence-corrected chi connectivity index (χ4v) is 4.71. The number of ether oxygens (including phenoxy) is 3. The van der Waals surface area contributed by atoms with Crippen molar-refractivity contribution in [2.45, 2.75) is 39.0 Å². The molecular formula is C32H34N4O4. The van der Waals surface area contributed by atoms with Crippen LogP contribution in [0, 0.1) is 0 Å². The van der Waals surface area contributed by atoms with Crippen LogP contribution in [0.3, 0.4) is 0 Å². The topological polar surface area (TPSA) is 90.7 Å². The monoisotopic (exact) mass is 538 g/mol. The maximum Gasteiger partial charge on any atom is 0.305 e. The first-order valence-corrected chi connectivity index (χ1v) is 13.7. The average Bonchev–Trinajstić information content (AvgIpc) is 3.65. The van der Waals surface area contributed by atoms with Crippen molar-refractivity contribution in [2.75, 3.05) is 20.3 Å². The largest absolute Gasteiger partial charge is 0.497 e. The Kier molecular flexibility index (Phi) is 8.76. The quantitative estimate of drug-likeness (QED) is 0.129. The zero-order chi connectivity index (χ0) is 27.7. The molecule has 3 heterocycles. The molecule has 5 aromatic rings. The molecule has 0 unspecified atom stereocenters. The van der Waals surface area contributed by atoms with E-state index in [1.54, 1.807) is 7.11 Å². The number of methoxy groups -OCH3 is 1. The lowest BCUT2D eigenvalue weighted by atomic mass is 10.0. The van der Waals surface area contributed by atoms with Crippen molar-refractivity contribution >= 4 is 11.6 Å². The number of benzene rings is 2. The summed E-state index contributed by atoms with van der Waals surface area (Å²) in [6, 6.07) is 20.1. The van der Waals surface area contributed by atoms with Crippen molar-refractivity contribution in [3.63, 3.8) is 0 Å². The van der Waals surface area contributed by atoms with Crippen LogP contribution in [0.5, 0.6) is 11.5 Å². The first-order valence-electron chi connectivity index (χ1n) is 13.7. The molecule has 0 bridgehead atoms. The predicted octanol–water partition coefficient (Wildman–Crippen LogP) is 6.96. The SMILES string of the molecule is CCOC(=O)CCCCCCOc1ccc(-c2[nH]ncc2-c2ccc3ncc(-c4ccc(OC)cc4)n3c2)cc1. The van der Waals surface area contributed by atoms with Crippen molar-refractivity contribution in [2.24, 2.45) is 0 Å². The van der Waals surface area contributed by atoms with Crippen LogP contribution in [0.2, 0.25) is 0 Å². The van der Waals surface area contributed by atoms with Crippen LogP contribution in [0.15, 0.2) is 79.3 Å². The number of imidazole rings is 1. The normalized spacial score (nSPS) is 11.1. The van der Waals surface area contributed by atoms with E-state index in [0.29, 0.717) is 19.6 Å². The summed E-state index contributed by atoms with van der Waals surface area (Å²) in [5.41, 5.74) is 6.95. The summed E-state index contributed by atoms with van der Waals surface area (Å²) in [5.74, 6) is 1.54. The summed E-state index contributed by atoms with van der Waals surface area (Å²) in [6.45, 7) is 2.92. The molecule has 206 valence electrons. The number of rotatable bonds is 13. The maximum atomic E-state index is 11.4. The average molecular weight is 539 g/mol. The minimum Gasteiger partial charge on any atom is -0.497 e. The van der Waals surface area contributed by atoms with Gasteiger partial charge in [-0.25, -0.2) is 4.98 Å². The molecule has 5 rings (SSSR count). The van der Waals surface area contributed by atoms with Crippen molar-refractivity contribution in [1.29, 1.82) is 0 Å². The molecule has 0 aliphatic rings. The third-order valence-corrected chi connectivity index (χ3v) is 6.83. The Labute approximate surface area is 233 Å². The molecule has 3 aromatic heterocycles. The number of carbonyl (C=O) groups is 1. The Morgan fingerprint density at radius 3 is 2.35 bits per heavy atom. The van der Waals surface area contributed by atoms with Crippen LogP contribution in [0.4, 0.5) is 0 Å². The highest BCUT2D eigenvalue weighted by Gasteiger charge is 2.13. The lowest BCUT2D eigenvalue weighted by Gasteiger charge is -2.09. The molecule has 8 heteroatoms. The predicted molar refractivity (Wildman–Crippen MR) is 155 cm³/mol. The minimum atomic E-state index is -0.111. The summed E-state index contributed by atoms with van der Waals surface area (Å²) in [5, 5.41) is 7.51. The maximum absolute atomic E-state index is 11.4. The first kappa shape index (κ1) is 27.0. The third-order valence-electron chi connectivity index (χ3n) is 6.83. The van der Waals surface area contributed by atoms with Gasteiger partial charge in [-0.15, -0.1) is 0 Å². The number of hydrogen-bond acceptors (Lipinski definition) is 6. The van der Waals surface area contributed by atoms with Crippen molar-refractivity contribution in [3.05, 3.63) is 79.3 Å². The Balaban J connectivity index is 1.22. The molecule has 0 radical (unpaired) electrons. The van der Waals surface area contributed by atoms with Crippen LogP contribution >= 0.6 is 0 Å². The number of aromatic nitrogens is 4. The number of fused-ring (bicyclic) bond motifs is 1. The number of nitrogens with zero attached hydrogens (tertiary/aromatic N) is 3. The summed E-state index contributed by atoms with van der Waals surface area (Å²) in [4.78, 5) is 16.0. The number of H-pyrrole nitrogens is 1. The summed E-state index contributed by atoms with van der Waals surface area (Å²) in [7, 11) is 1.67. The summed E-state index contributed by atoms with van der Waals surface area (Å²) >= 11 is 0. The van der Waals surface area contributed by atoms with E-state index in [1.165, 1.54) is 0 Å². The Morgan fingerprint density at radius 1 is 0.850 bits per heavy atom. The van der Waals surface area contributed by atoms with E-state index in [4.69, 9.17) is 14.2 Å². The molecule has 40 heavy (non-hydrogen) atoms. The zero-order valence-electron chi connectivity index (χ0n) is 22.9. The molecule has 0 aliphatic carbocycles. The lowest BCUT2D eigenvalue weighted by Crippen LogP contribution is -2.03. The molecule has 0 spiro atoms. The number of unbranched alkanes of at least 4 members (excludes halogenated alkanes) is 3. The van der Waals surface area contributed by atoms with Gasteiger partial charge in [-0.3, -0.25) is 14.3 Å². The fraction of sp³-hybridized carbons (Fsp3) is 0.281. The van der Waals surface area contributed by atoms with Crippen LogP contribution in [-0.4, -0.2) is 45.9 Å². The number of esters is 1. The summed E-state index contributed by atoms with van der Waals surface area (Å²) < 4.78 is 18.3. The van der Waals surface area contributed by atoms with Crippen molar-refractivity contribution in [1.82, 2.24) is 19.6 Å². The number of aromatic amines is 1. The van der Waals surface area contributed by atoms with E-state index in [-0.39, 0.29) is 5.97 Å². The van der Waals surface area contributed by atoms with Crippen LogP contribution in [0.1, 0.15) is 39.0 Å². The van der Waals surface area contributed by atoms with E-state index in [9.17, 15) is 4.79 Å². The molecular weight excluding hydrogens is 504 g/mol. The number of hydrogen-bond donors (Lipinski definition) is 1. The second kappa shape index (κ2) is 13.0. The highest BCUT2D eigenvalue weighted by Crippen LogP contribution is 2.32. The Bertz CT molecular complexity index is 1540. The molecule has 0 aliphatic heterocycles. The first-order chi connectivity index (χ1) is 19.7. The van der Waals surface area contributed by atoms with Gasteiger partial charge in [0.1, 0.15) is 17.1 Å².